The molecule has 0 saturated carbocycles. The van der Waals surface area contributed by atoms with Gasteiger partial charge in [-0.15, -0.1) is 0 Å². The summed E-state index contributed by atoms with van der Waals surface area (Å²) < 4.78 is 3.40. The zero-order valence-corrected chi connectivity index (χ0v) is 12.9. The summed E-state index contributed by atoms with van der Waals surface area (Å²) in [7, 11) is 0. The fraction of sp³-hybridized carbons (Fsp3) is 0.125. The van der Waals surface area contributed by atoms with Crippen LogP contribution in [-0.2, 0) is 6.54 Å². The van der Waals surface area contributed by atoms with Crippen LogP contribution in [0.4, 0.5) is 0 Å². The fourth-order valence-electron chi connectivity index (χ4n) is 2.25. The first kappa shape index (κ1) is 12.8. The SMILES string of the molecule is Cc1cc2ccn(Cc3ccc(Cl)cc3)c2cc1Br. The van der Waals surface area contributed by atoms with Crippen LogP contribution in [0.1, 0.15) is 11.1 Å². The smallest absolute Gasteiger partial charge is 0.0494 e. The van der Waals surface area contributed by atoms with Gasteiger partial charge in [-0.1, -0.05) is 39.7 Å². The molecular weight excluding hydrogens is 322 g/mol. The molecule has 3 rings (SSSR count). The van der Waals surface area contributed by atoms with E-state index in [1.54, 1.807) is 0 Å². The molecule has 0 unspecified atom stereocenters. The molecule has 1 aromatic heterocycles. The van der Waals surface area contributed by atoms with Crippen LogP contribution < -0.4 is 0 Å². The van der Waals surface area contributed by atoms with Crippen molar-refractivity contribution < 1.29 is 0 Å². The fourth-order valence-corrected chi connectivity index (χ4v) is 2.71. The van der Waals surface area contributed by atoms with Crippen molar-refractivity contribution in [3.05, 3.63) is 69.3 Å². The van der Waals surface area contributed by atoms with Crippen LogP contribution >= 0.6 is 27.5 Å². The molecule has 2 aromatic carbocycles. The van der Waals surface area contributed by atoms with Crippen molar-refractivity contribution in [2.24, 2.45) is 0 Å². The van der Waals surface area contributed by atoms with Gasteiger partial charge in [0.15, 0.2) is 0 Å². The third-order valence-corrected chi connectivity index (χ3v) is 4.42. The summed E-state index contributed by atoms with van der Waals surface area (Å²) in [5, 5.41) is 2.05. The molecule has 0 aliphatic heterocycles. The minimum atomic E-state index is 0.777. The normalized spacial score (nSPS) is 11.1. The Kier molecular flexibility index (Phi) is 3.38. The highest BCUT2D eigenvalue weighted by atomic mass is 79.9. The molecule has 0 bridgehead atoms. The van der Waals surface area contributed by atoms with Crippen LogP contribution in [0, 0.1) is 6.92 Å². The molecule has 0 amide bonds. The Bertz CT molecular complexity index is 728. The molecule has 1 nitrogen and oxygen atoms in total. The maximum absolute atomic E-state index is 5.91. The number of benzene rings is 2. The third-order valence-electron chi connectivity index (χ3n) is 3.32. The number of nitrogens with zero attached hydrogens (tertiary/aromatic N) is 1. The maximum Gasteiger partial charge on any atom is 0.0494 e. The van der Waals surface area contributed by atoms with Gasteiger partial charge >= 0.3 is 0 Å². The van der Waals surface area contributed by atoms with Gasteiger partial charge in [0.05, 0.1) is 0 Å². The Hall–Kier alpha value is -1.25. The van der Waals surface area contributed by atoms with E-state index in [1.807, 2.05) is 12.1 Å². The minimum absolute atomic E-state index is 0.777. The zero-order valence-electron chi connectivity index (χ0n) is 10.5. The number of aromatic nitrogens is 1. The summed E-state index contributed by atoms with van der Waals surface area (Å²) >= 11 is 9.51. The predicted molar refractivity (Wildman–Crippen MR) is 84.9 cm³/mol. The standard InChI is InChI=1S/C16H13BrClN/c1-11-8-13-6-7-19(16(13)9-15(11)17)10-12-2-4-14(18)5-3-12/h2-9H,10H2,1H3. The molecule has 1 heterocycles. The lowest BCUT2D eigenvalue weighted by Gasteiger charge is -2.07. The zero-order chi connectivity index (χ0) is 13.4. The van der Waals surface area contributed by atoms with E-state index in [9.17, 15) is 0 Å². The molecule has 0 N–H and O–H groups in total. The molecule has 96 valence electrons. The van der Waals surface area contributed by atoms with E-state index in [0.717, 1.165) is 16.0 Å². The van der Waals surface area contributed by atoms with Gasteiger partial charge in [-0.3, -0.25) is 0 Å². The van der Waals surface area contributed by atoms with E-state index >= 15 is 0 Å². The molecule has 0 fully saturated rings. The lowest BCUT2D eigenvalue weighted by Crippen LogP contribution is -1.97. The Balaban J connectivity index is 2.01. The number of fused-ring (bicyclic) bond motifs is 1. The second kappa shape index (κ2) is 5.03. The average molecular weight is 335 g/mol. The van der Waals surface area contributed by atoms with E-state index in [4.69, 9.17) is 11.6 Å². The van der Waals surface area contributed by atoms with Crippen LogP contribution in [0.15, 0.2) is 53.1 Å². The Morgan fingerprint density at radius 2 is 1.84 bits per heavy atom. The first-order valence-corrected chi connectivity index (χ1v) is 7.30. The Labute approximate surface area is 125 Å². The molecule has 0 radical (unpaired) electrons. The maximum atomic E-state index is 5.91. The summed E-state index contributed by atoms with van der Waals surface area (Å²) in [5.41, 5.74) is 3.75. The highest BCUT2D eigenvalue weighted by molar-refractivity contribution is 9.10. The van der Waals surface area contributed by atoms with Gasteiger partial charge in [-0.2, -0.15) is 0 Å². The largest absolute Gasteiger partial charge is 0.343 e. The van der Waals surface area contributed by atoms with Gasteiger partial charge in [-0.25, -0.2) is 0 Å². The van der Waals surface area contributed by atoms with Crippen LogP contribution in [0.25, 0.3) is 10.9 Å². The van der Waals surface area contributed by atoms with Crippen molar-refractivity contribution in [1.29, 1.82) is 0 Å². The van der Waals surface area contributed by atoms with Crippen LogP contribution in [0.5, 0.6) is 0 Å². The van der Waals surface area contributed by atoms with Crippen molar-refractivity contribution >= 4 is 38.4 Å². The second-order valence-corrected chi connectivity index (χ2v) is 6.02. The van der Waals surface area contributed by atoms with Crippen molar-refractivity contribution in [2.45, 2.75) is 13.5 Å². The van der Waals surface area contributed by atoms with Gasteiger partial charge in [0.25, 0.3) is 0 Å². The lowest BCUT2D eigenvalue weighted by atomic mass is 10.2. The molecule has 0 saturated heterocycles. The highest BCUT2D eigenvalue weighted by Crippen LogP contribution is 2.25. The number of aryl methyl sites for hydroxylation is 1. The molecule has 0 aliphatic rings. The van der Waals surface area contributed by atoms with E-state index in [0.29, 0.717) is 0 Å². The third kappa shape index (κ3) is 2.56. The van der Waals surface area contributed by atoms with E-state index in [1.165, 1.54) is 22.0 Å². The topological polar surface area (TPSA) is 4.93 Å². The molecule has 3 aromatic rings. The number of hydrogen-bond acceptors (Lipinski definition) is 0. The Morgan fingerprint density at radius 1 is 1.11 bits per heavy atom. The first-order chi connectivity index (χ1) is 9.13. The molecule has 0 atom stereocenters. The van der Waals surface area contributed by atoms with Gasteiger partial charge < -0.3 is 4.57 Å². The number of halogens is 2. The van der Waals surface area contributed by atoms with Crippen molar-refractivity contribution in [3.63, 3.8) is 0 Å². The van der Waals surface area contributed by atoms with Crippen molar-refractivity contribution in [2.75, 3.05) is 0 Å². The van der Waals surface area contributed by atoms with Crippen molar-refractivity contribution in [3.8, 4) is 0 Å². The van der Waals surface area contributed by atoms with Gasteiger partial charge in [0, 0.05) is 27.8 Å². The first-order valence-electron chi connectivity index (χ1n) is 6.13. The van der Waals surface area contributed by atoms with Crippen molar-refractivity contribution in [1.82, 2.24) is 4.57 Å². The van der Waals surface area contributed by atoms with E-state index < -0.39 is 0 Å². The predicted octanol–water partition coefficient (Wildman–Crippen LogP) is 5.41. The number of hydrogen-bond donors (Lipinski definition) is 0. The lowest BCUT2D eigenvalue weighted by molar-refractivity contribution is 0.836. The van der Waals surface area contributed by atoms with Crippen LogP contribution in [0.2, 0.25) is 5.02 Å². The molecule has 0 aliphatic carbocycles. The van der Waals surface area contributed by atoms with E-state index in [-0.39, 0.29) is 0 Å². The second-order valence-electron chi connectivity index (χ2n) is 4.73. The van der Waals surface area contributed by atoms with E-state index in [2.05, 4.69) is 63.9 Å². The summed E-state index contributed by atoms with van der Waals surface area (Å²) in [6.07, 6.45) is 2.13. The Morgan fingerprint density at radius 3 is 2.58 bits per heavy atom. The minimum Gasteiger partial charge on any atom is -0.343 e. The molecule has 3 heteroatoms. The summed E-state index contributed by atoms with van der Waals surface area (Å²) in [5.74, 6) is 0. The summed E-state index contributed by atoms with van der Waals surface area (Å²) in [6.45, 7) is 2.97. The highest BCUT2D eigenvalue weighted by Gasteiger charge is 2.05. The van der Waals surface area contributed by atoms with Gasteiger partial charge in [0.2, 0.25) is 0 Å². The van der Waals surface area contributed by atoms with Crippen LogP contribution in [-0.4, -0.2) is 4.57 Å². The molecule has 0 spiro atoms. The monoisotopic (exact) mass is 333 g/mol. The molecular formula is C16H13BrClN. The van der Waals surface area contributed by atoms with Crippen LogP contribution in [0.3, 0.4) is 0 Å². The van der Waals surface area contributed by atoms with Gasteiger partial charge in [0.1, 0.15) is 0 Å². The quantitative estimate of drug-likeness (QED) is 0.590. The molecule has 19 heavy (non-hydrogen) atoms. The summed E-state index contributed by atoms with van der Waals surface area (Å²) in [6, 6.07) is 14.5. The average Bonchev–Trinajstić information content (AvgIpc) is 2.76. The summed E-state index contributed by atoms with van der Waals surface area (Å²) in [4.78, 5) is 0. The number of rotatable bonds is 2. The van der Waals surface area contributed by atoms with Gasteiger partial charge in [-0.05, 0) is 53.8 Å².